The van der Waals surface area contributed by atoms with Crippen molar-refractivity contribution >= 4 is 22.4 Å². The molecule has 0 aromatic heterocycles. The average Bonchev–Trinajstić information content (AvgIpc) is 2.61. The predicted octanol–water partition coefficient (Wildman–Crippen LogP) is 2.09. The van der Waals surface area contributed by atoms with E-state index in [0.29, 0.717) is 6.54 Å². The van der Waals surface area contributed by atoms with Crippen LogP contribution in [0.2, 0.25) is 0 Å². The number of rotatable bonds is 11. The molecule has 130 valence electrons. The lowest BCUT2D eigenvalue weighted by molar-refractivity contribution is -0.115. The van der Waals surface area contributed by atoms with Crippen LogP contribution in [0, 0.1) is 0 Å². The van der Waals surface area contributed by atoms with Crippen LogP contribution >= 0.6 is 0 Å². The molecule has 0 atom stereocenters. The van der Waals surface area contributed by atoms with E-state index in [-0.39, 0.29) is 5.91 Å². The monoisotopic (exact) mass is 328 g/mol. The number of unbranched alkanes of at least 4 members (excludes halogenated alkanes) is 1. The van der Waals surface area contributed by atoms with Crippen LogP contribution in [0.15, 0.2) is 42.5 Å². The minimum absolute atomic E-state index is 0.00701. The van der Waals surface area contributed by atoms with Gasteiger partial charge in [0.25, 0.3) is 0 Å². The lowest BCUT2D eigenvalue weighted by Crippen LogP contribution is -2.29. The van der Waals surface area contributed by atoms with Gasteiger partial charge in [-0.25, -0.2) is 0 Å². The largest absolute Gasteiger partial charge is 0.330 e. The van der Waals surface area contributed by atoms with Gasteiger partial charge < -0.3 is 21.7 Å². The highest BCUT2D eigenvalue weighted by molar-refractivity contribution is 6.02. The first-order valence-electron chi connectivity index (χ1n) is 8.70. The smallest absolute Gasteiger partial charge is 0.238 e. The lowest BCUT2D eigenvalue weighted by Gasteiger charge is -2.09. The van der Waals surface area contributed by atoms with E-state index in [1.807, 2.05) is 42.5 Å². The van der Waals surface area contributed by atoms with Crippen molar-refractivity contribution in [2.24, 2.45) is 5.73 Å². The number of fused-ring (bicyclic) bond motifs is 1. The molecule has 0 unspecified atom stereocenters. The number of benzene rings is 2. The number of anilines is 1. The van der Waals surface area contributed by atoms with Crippen LogP contribution < -0.4 is 21.7 Å². The standard InChI is InChI=1S/C19H28N4O/c20-11-6-14-21-12-3-4-13-22-15-19(24)23-18-10-5-8-16-7-1-2-9-17(16)18/h1-2,5,7-10,21-22H,3-4,6,11-15,20H2,(H,23,24). The first-order valence-corrected chi connectivity index (χ1v) is 8.70. The molecular formula is C19H28N4O. The summed E-state index contributed by atoms with van der Waals surface area (Å²) in [5.41, 5.74) is 6.30. The summed E-state index contributed by atoms with van der Waals surface area (Å²) in [6.07, 6.45) is 3.17. The van der Waals surface area contributed by atoms with Crippen LogP contribution in [0.1, 0.15) is 19.3 Å². The van der Waals surface area contributed by atoms with E-state index in [1.54, 1.807) is 0 Å². The van der Waals surface area contributed by atoms with E-state index >= 15 is 0 Å². The Labute approximate surface area is 144 Å². The molecule has 5 heteroatoms. The fraction of sp³-hybridized carbons (Fsp3) is 0.421. The maximum atomic E-state index is 12.1. The Morgan fingerprint density at radius 2 is 1.58 bits per heavy atom. The third-order valence-electron chi connectivity index (χ3n) is 3.86. The Morgan fingerprint density at radius 3 is 2.42 bits per heavy atom. The van der Waals surface area contributed by atoms with Gasteiger partial charge in [-0.3, -0.25) is 4.79 Å². The Kier molecular flexibility index (Phi) is 8.24. The van der Waals surface area contributed by atoms with Crippen molar-refractivity contribution in [3.8, 4) is 0 Å². The molecule has 1 amide bonds. The van der Waals surface area contributed by atoms with Gasteiger partial charge in [-0.05, 0) is 56.9 Å². The maximum Gasteiger partial charge on any atom is 0.238 e. The number of nitrogens with two attached hydrogens (primary N) is 1. The highest BCUT2D eigenvalue weighted by Gasteiger charge is 2.04. The zero-order valence-electron chi connectivity index (χ0n) is 14.2. The van der Waals surface area contributed by atoms with Gasteiger partial charge in [-0.1, -0.05) is 36.4 Å². The summed E-state index contributed by atoms with van der Waals surface area (Å²) in [6.45, 7) is 3.91. The molecule has 2 rings (SSSR count). The summed E-state index contributed by atoms with van der Waals surface area (Å²) in [6, 6.07) is 14.0. The second-order valence-corrected chi connectivity index (χ2v) is 5.85. The van der Waals surface area contributed by atoms with Gasteiger partial charge in [0.05, 0.1) is 6.54 Å². The van der Waals surface area contributed by atoms with Crippen molar-refractivity contribution in [1.29, 1.82) is 0 Å². The molecular weight excluding hydrogens is 300 g/mol. The van der Waals surface area contributed by atoms with E-state index < -0.39 is 0 Å². The van der Waals surface area contributed by atoms with Crippen LogP contribution in [-0.4, -0.2) is 38.6 Å². The third kappa shape index (κ3) is 6.28. The zero-order valence-corrected chi connectivity index (χ0v) is 14.2. The molecule has 0 radical (unpaired) electrons. The summed E-state index contributed by atoms with van der Waals surface area (Å²) < 4.78 is 0. The SMILES string of the molecule is NCCCNCCCCNCC(=O)Nc1cccc2ccccc12. The van der Waals surface area contributed by atoms with Crippen LogP contribution in [0.3, 0.4) is 0 Å². The third-order valence-corrected chi connectivity index (χ3v) is 3.86. The zero-order chi connectivity index (χ0) is 17.0. The Bertz CT molecular complexity index is 624. The number of carbonyl (C=O) groups excluding carboxylic acids is 1. The van der Waals surface area contributed by atoms with Crippen LogP contribution in [0.25, 0.3) is 10.8 Å². The molecule has 0 aliphatic carbocycles. The first kappa shape index (κ1) is 18.4. The number of hydrogen-bond acceptors (Lipinski definition) is 4. The van der Waals surface area contributed by atoms with Gasteiger partial charge in [0.15, 0.2) is 0 Å². The summed E-state index contributed by atoms with van der Waals surface area (Å²) >= 11 is 0. The molecule has 5 nitrogen and oxygen atoms in total. The minimum atomic E-state index is -0.00701. The van der Waals surface area contributed by atoms with E-state index in [2.05, 4.69) is 16.0 Å². The number of nitrogens with one attached hydrogen (secondary N) is 3. The lowest BCUT2D eigenvalue weighted by atomic mass is 10.1. The average molecular weight is 328 g/mol. The molecule has 0 heterocycles. The van der Waals surface area contributed by atoms with E-state index in [4.69, 9.17) is 5.73 Å². The quantitative estimate of drug-likeness (QED) is 0.476. The fourth-order valence-electron chi connectivity index (χ4n) is 2.58. The summed E-state index contributed by atoms with van der Waals surface area (Å²) in [7, 11) is 0. The highest BCUT2D eigenvalue weighted by atomic mass is 16.1. The van der Waals surface area contributed by atoms with E-state index in [9.17, 15) is 4.79 Å². The molecule has 0 saturated heterocycles. The van der Waals surface area contributed by atoms with E-state index in [1.165, 1.54) is 0 Å². The van der Waals surface area contributed by atoms with Crippen molar-refractivity contribution in [3.05, 3.63) is 42.5 Å². The molecule has 0 spiro atoms. The van der Waals surface area contributed by atoms with Crippen LogP contribution in [0.4, 0.5) is 5.69 Å². The molecule has 0 bridgehead atoms. The van der Waals surface area contributed by atoms with Gasteiger partial charge in [-0.15, -0.1) is 0 Å². The second-order valence-electron chi connectivity index (χ2n) is 5.85. The van der Waals surface area contributed by atoms with Gasteiger partial charge in [-0.2, -0.15) is 0 Å². The van der Waals surface area contributed by atoms with E-state index in [0.717, 1.165) is 61.9 Å². The van der Waals surface area contributed by atoms with Gasteiger partial charge in [0.1, 0.15) is 0 Å². The Hall–Kier alpha value is -1.95. The minimum Gasteiger partial charge on any atom is -0.330 e. The Morgan fingerprint density at radius 1 is 0.875 bits per heavy atom. The van der Waals surface area contributed by atoms with Crippen molar-refractivity contribution in [3.63, 3.8) is 0 Å². The fourth-order valence-corrected chi connectivity index (χ4v) is 2.58. The first-order chi connectivity index (χ1) is 11.8. The molecule has 24 heavy (non-hydrogen) atoms. The molecule has 2 aromatic carbocycles. The van der Waals surface area contributed by atoms with Crippen molar-refractivity contribution in [2.45, 2.75) is 19.3 Å². The van der Waals surface area contributed by atoms with Crippen LogP contribution in [0.5, 0.6) is 0 Å². The molecule has 2 aromatic rings. The molecule has 0 fully saturated rings. The van der Waals surface area contributed by atoms with Gasteiger partial charge in [0, 0.05) is 11.1 Å². The molecule has 0 aliphatic rings. The van der Waals surface area contributed by atoms with Crippen LogP contribution in [-0.2, 0) is 4.79 Å². The molecule has 5 N–H and O–H groups in total. The maximum absolute atomic E-state index is 12.1. The molecule has 0 aliphatic heterocycles. The topological polar surface area (TPSA) is 79.2 Å². The number of amides is 1. The summed E-state index contributed by atoms with van der Waals surface area (Å²) in [5.74, 6) is -0.00701. The van der Waals surface area contributed by atoms with Crippen molar-refractivity contribution in [1.82, 2.24) is 10.6 Å². The van der Waals surface area contributed by atoms with Gasteiger partial charge in [0.2, 0.25) is 5.91 Å². The molecule has 0 saturated carbocycles. The van der Waals surface area contributed by atoms with Crippen molar-refractivity contribution < 1.29 is 4.79 Å². The normalized spacial score (nSPS) is 10.9. The summed E-state index contributed by atoms with van der Waals surface area (Å²) in [4.78, 5) is 12.1. The van der Waals surface area contributed by atoms with Gasteiger partial charge >= 0.3 is 0 Å². The highest BCUT2D eigenvalue weighted by Crippen LogP contribution is 2.22. The summed E-state index contributed by atoms with van der Waals surface area (Å²) in [5, 5.41) is 11.7. The predicted molar refractivity (Wildman–Crippen MR) is 101 cm³/mol. The Balaban J connectivity index is 1.63. The van der Waals surface area contributed by atoms with Crippen molar-refractivity contribution in [2.75, 3.05) is 38.0 Å². The number of carbonyl (C=O) groups is 1. The second kappa shape index (κ2) is 10.8. The number of hydrogen-bond donors (Lipinski definition) is 4.